The van der Waals surface area contributed by atoms with Crippen LogP contribution >= 0.6 is 10.7 Å². The summed E-state index contributed by atoms with van der Waals surface area (Å²) in [6.07, 6.45) is 29.3. The fraction of sp³-hybridized carbons (Fsp3) is 0.552. The summed E-state index contributed by atoms with van der Waals surface area (Å²) in [5.41, 5.74) is 1.25. The molecular formula is C58H103BClNa3O19SU. The van der Waals surface area contributed by atoms with E-state index in [9.17, 15) is 47.4 Å². The number of allylic oxidation sites excluding steroid dienone is 10. The predicted molar refractivity (Wildman–Crippen MR) is 323 cm³/mol. The molecular weight excluding hydrogens is 1390 g/mol. The standard InChI is InChI=1S/C11H20O3.C11H18O2.2C9H14O2.C7H12O2.C5H8O2.C3H6O.C2H6O.CH3ClO2S.BH.3Na.2H2O.U/c1-5-7-9(10(12)8(3)4)11(13)14-6-2;1-5-7-10(8-9(3)4)11(12)13-6-2;2*1-4-5-8(9(10)11)6-7(2)3;1-3-5-6-7(8)9-4-2;1-2-3-4-5(6)7;1-2-3-4;1-2-3;1-5(2,3)4;;;;;;;/h5,7-10,12H,6H2,1-4H3;5,7-9H,6H2,1-4H3;2*4-7H,1-3H3,(H,10,11);5-6H,3-4H2,1-2H3;3-4H,2H2,1H3,(H,6,7);2-4H,1H3;3H,2H2,1H3;1H3;1H;;;;2*1H2;/q;;;;;;;;;;3*+1;;;/p-3/b7-5-;7-5-,10-8+;2*5-4-,8-6+;6-5+;4-3+;3-2+;;;;;;;;;/i;;;;;;;;;1D;;;;;;. The number of carboxylic acids is 3. The van der Waals surface area contributed by atoms with E-state index >= 15 is 0 Å². The van der Waals surface area contributed by atoms with Gasteiger partial charge < -0.3 is 60.6 Å². The average molecular weight is 1490 g/mol. The smallest absolute Gasteiger partial charge is 0.870 e. The van der Waals surface area contributed by atoms with Crippen LogP contribution in [0.5, 0.6) is 0 Å². The van der Waals surface area contributed by atoms with Crippen molar-refractivity contribution in [2.45, 2.75) is 150 Å². The molecule has 7 N–H and O–H groups in total. The topological polar surface area (TPSA) is 348 Å². The molecule has 0 bridgehead atoms. The van der Waals surface area contributed by atoms with Gasteiger partial charge in [-0.3, -0.25) is 4.79 Å². The van der Waals surface area contributed by atoms with Crippen molar-refractivity contribution >= 4 is 63.9 Å². The van der Waals surface area contributed by atoms with E-state index in [1.165, 1.54) is 12.2 Å². The minimum Gasteiger partial charge on any atom is -0.870 e. The van der Waals surface area contributed by atoms with Crippen LogP contribution in [-0.4, -0.2) is 129 Å². The van der Waals surface area contributed by atoms with Crippen molar-refractivity contribution in [3.05, 3.63) is 120 Å². The van der Waals surface area contributed by atoms with E-state index in [4.69, 9.17) is 31.2 Å². The van der Waals surface area contributed by atoms with E-state index in [1.54, 1.807) is 115 Å². The monoisotopic (exact) mass is 1490 g/mol. The van der Waals surface area contributed by atoms with Gasteiger partial charge in [0.25, 0.3) is 0 Å². The van der Waals surface area contributed by atoms with E-state index in [1.807, 2.05) is 95.2 Å². The number of aliphatic hydroxyl groups is 3. The van der Waals surface area contributed by atoms with E-state index in [0.29, 0.717) is 36.9 Å². The fourth-order valence-corrected chi connectivity index (χ4v) is 4.23. The van der Waals surface area contributed by atoms with Crippen LogP contribution in [0.15, 0.2) is 120 Å². The van der Waals surface area contributed by atoms with Crippen molar-refractivity contribution in [3.63, 3.8) is 0 Å². The Labute approximate surface area is 604 Å². The zero-order valence-corrected chi connectivity index (χ0v) is 66.7. The van der Waals surface area contributed by atoms with Crippen LogP contribution in [0.1, 0.15) is 144 Å². The Morgan fingerprint density at radius 3 is 1.18 bits per heavy atom. The Bertz CT molecular complexity index is 1900. The van der Waals surface area contributed by atoms with Gasteiger partial charge in [0.05, 0.1) is 55.6 Å². The molecule has 2 unspecified atom stereocenters. The maximum atomic E-state index is 11.4. The molecule has 26 heteroatoms. The van der Waals surface area contributed by atoms with Gasteiger partial charge >= 0.3 is 119 Å². The molecule has 0 rings (SSSR count). The van der Waals surface area contributed by atoms with E-state index in [0.717, 1.165) is 31.4 Å². The largest absolute Gasteiger partial charge is 1.00 e. The van der Waals surface area contributed by atoms with E-state index in [2.05, 4.69) is 23.8 Å². The van der Waals surface area contributed by atoms with Gasteiger partial charge in [0.2, 0.25) is 9.05 Å². The first-order chi connectivity index (χ1) is 36.7. The van der Waals surface area contributed by atoms with Crippen molar-refractivity contribution < 1.29 is 213 Å². The van der Waals surface area contributed by atoms with Gasteiger partial charge in [-0.1, -0.05) is 154 Å². The van der Waals surface area contributed by atoms with Crippen LogP contribution in [0, 0.1) is 60.7 Å². The third-order valence-electron chi connectivity index (χ3n) is 7.00. The summed E-state index contributed by atoms with van der Waals surface area (Å²) >= 11 is 0. The van der Waals surface area contributed by atoms with Crippen LogP contribution in [0.4, 0.5) is 0 Å². The second-order valence-electron chi connectivity index (χ2n) is 16.1. The van der Waals surface area contributed by atoms with Gasteiger partial charge in [-0.15, -0.1) is 0 Å². The normalized spacial score (nSPS) is 11.3. The van der Waals surface area contributed by atoms with Crippen LogP contribution < -0.4 is 93.8 Å². The Morgan fingerprint density at radius 2 is 0.929 bits per heavy atom. The molecule has 0 aliphatic heterocycles. The summed E-state index contributed by atoms with van der Waals surface area (Å²) in [4.78, 5) is 63.8. The zero-order valence-electron chi connectivity index (χ0n) is 55.9. The maximum Gasteiger partial charge on any atom is 1.00 e. The number of aliphatic hydroxyl groups excluding tert-OH is 3. The summed E-state index contributed by atoms with van der Waals surface area (Å²) in [5, 5.41) is 52.0. The quantitative estimate of drug-likeness (QED) is 0.0168. The Kier molecular flexibility index (Phi) is 132. The van der Waals surface area contributed by atoms with Gasteiger partial charge in [0.1, 0.15) is 5.92 Å². The Hall–Kier alpha value is -1.78. The van der Waals surface area contributed by atoms with Gasteiger partial charge in [-0.2, -0.15) is 0 Å². The molecule has 0 spiro atoms. The summed E-state index contributed by atoms with van der Waals surface area (Å²) in [7, 11) is 5.06. The molecule has 19 nitrogen and oxygen atoms in total. The molecule has 84 heavy (non-hydrogen) atoms. The Balaban J connectivity index is -0.0000000456. The SMILES string of the molecule is C/C=C/O.C/C=C\C(=C/C(C)C)C(=O)O.C/C=C\C(=C/C(C)C)C(=O)OCC.C/C=C\C(=C/C(C)C)C(=O)[O-].C/C=C\C(C(=O)OCC)C(O)C(C)C.CC/C=C/C(=O)O.CC/C=C/C(=O)OCC.CCO.CS(=O)(=O)Cl.[2H][B].[Na+].[Na+].[Na+].[OH-].[OH-].[U]. The van der Waals surface area contributed by atoms with Crippen LogP contribution in [0.25, 0.3) is 0 Å². The maximum absolute atomic E-state index is 11.4. The first-order valence-electron chi connectivity index (χ1n) is 25.9. The Morgan fingerprint density at radius 1 is 0.607 bits per heavy atom. The number of aliphatic carboxylic acids is 3. The molecule has 0 heterocycles. The number of carbonyl (C=O) groups is 6. The molecule has 0 fully saturated rings. The number of esters is 3. The summed E-state index contributed by atoms with van der Waals surface area (Å²) < 4.78 is 38.4. The molecule has 2 radical (unpaired) electrons. The third kappa shape index (κ3) is 122. The third-order valence-corrected chi connectivity index (χ3v) is 7.00. The van der Waals surface area contributed by atoms with Crippen molar-refractivity contribution in [2.24, 2.45) is 29.6 Å². The average Bonchev–Trinajstić information content (AvgIpc) is 3.35. The fourth-order valence-electron chi connectivity index (χ4n) is 4.23. The first kappa shape index (κ1) is 120. The summed E-state index contributed by atoms with van der Waals surface area (Å²) in [6, 6.07) is 0. The second-order valence-corrected chi connectivity index (χ2v) is 19.2. The van der Waals surface area contributed by atoms with Crippen molar-refractivity contribution in [1.82, 2.24) is 0 Å². The van der Waals surface area contributed by atoms with E-state index < -0.39 is 39.0 Å². The number of hydrogen-bond acceptors (Lipinski definition) is 17. The minimum atomic E-state index is -3.19. The summed E-state index contributed by atoms with van der Waals surface area (Å²) in [6.45, 7) is 36.9. The van der Waals surface area contributed by atoms with Crippen LogP contribution in [-0.2, 0) is 52.0 Å². The molecule has 2 atom stereocenters. The number of carbonyl (C=O) groups excluding carboxylic acids is 4. The molecule has 472 valence electrons. The molecule has 0 aliphatic rings. The zero-order chi connectivity index (χ0) is 64.5. The molecule has 0 aromatic carbocycles. The predicted octanol–water partition coefficient (Wildman–Crippen LogP) is 1.42. The number of hydrogen-bond donors (Lipinski definition) is 5. The van der Waals surface area contributed by atoms with Crippen molar-refractivity contribution in [3.8, 4) is 0 Å². The second kappa shape index (κ2) is 92.4. The van der Waals surface area contributed by atoms with Gasteiger partial charge in [0, 0.05) is 68.9 Å². The number of ether oxygens (including phenoxy) is 3. The minimum absolute atomic E-state index is 0. The number of rotatable bonds is 20. The van der Waals surface area contributed by atoms with E-state index in [-0.39, 0.29) is 179 Å². The number of halogens is 1. The molecule has 0 amide bonds. The van der Waals surface area contributed by atoms with Crippen molar-refractivity contribution in [1.29, 1.82) is 1.34 Å². The van der Waals surface area contributed by atoms with Crippen molar-refractivity contribution in [2.75, 3.05) is 32.7 Å². The van der Waals surface area contributed by atoms with Gasteiger partial charge in [0.15, 0.2) is 0 Å². The molecule has 0 aromatic rings. The molecule has 0 aliphatic carbocycles. The molecule has 0 aromatic heterocycles. The van der Waals surface area contributed by atoms with Gasteiger partial charge in [-0.25, -0.2) is 27.6 Å². The number of carboxylic acid groups (broad SMARTS) is 3. The summed E-state index contributed by atoms with van der Waals surface area (Å²) in [5.74, 6) is -3.33. The molecule has 0 saturated heterocycles. The van der Waals surface area contributed by atoms with Gasteiger partial charge in [-0.05, 0) is 106 Å². The first-order valence-corrected chi connectivity index (χ1v) is 28.0. The van der Waals surface area contributed by atoms with Crippen LogP contribution in [0.3, 0.4) is 0 Å². The molecule has 0 saturated carbocycles. The van der Waals surface area contributed by atoms with Crippen LogP contribution in [0.2, 0.25) is 0 Å².